The molecule has 132 valence electrons. The smallest absolute Gasteiger partial charge is 0.322 e. The first kappa shape index (κ1) is 16.7. The molecule has 1 aliphatic rings. The summed E-state index contributed by atoms with van der Waals surface area (Å²) in [6.45, 7) is 2.96. The number of benzene rings is 2. The Morgan fingerprint density at radius 2 is 2.04 bits per heavy atom. The number of carbonyl (C=O) groups excluding carboxylic acids is 1. The number of aromatic amines is 1. The fraction of sp³-hybridized carbons (Fsp3) is 0.200. The Labute approximate surface area is 155 Å². The largest absolute Gasteiger partial charge is 0.322 e. The van der Waals surface area contributed by atoms with E-state index in [0.29, 0.717) is 29.4 Å². The van der Waals surface area contributed by atoms with Gasteiger partial charge in [-0.15, -0.1) is 0 Å². The zero-order valence-electron chi connectivity index (χ0n) is 14.3. The minimum Gasteiger partial charge on any atom is -0.322 e. The minimum atomic E-state index is -0.157. The van der Waals surface area contributed by atoms with Gasteiger partial charge in [-0.25, -0.2) is 4.79 Å². The van der Waals surface area contributed by atoms with Gasteiger partial charge in [0.15, 0.2) is 0 Å². The first-order valence-corrected chi connectivity index (χ1v) is 8.84. The third kappa shape index (κ3) is 3.18. The molecule has 5 nitrogen and oxygen atoms in total. The summed E-state index contributed by atoms with van der Waals surface area (Å²) in [5, 5.41) is 4.49. The maximum absolute atomic E-state index is 12.6. The number of aromatic nitrogens is 1. The van der Waals surface area contributed by atoms with E-state index in [1.54, 1.807) is 30.0 Å². The zero-order chi connectivity index (χ0) is 18.3. The summed E-state index contributed by atoms with van der Waals surface area (Å²) in [7, 11) is 0. The van der Waals surface area contributed by atoms with Gasteiger partial charge < -0.3 is 15.2 Å². The molecular formula is C20H18ClN3O2. The Bertz CT molecular complexity index is 1070. The van der Waals surface area contributed by atoms with Gasteiger partial charge >= 0.3 is 6.03 Å². The number of nitrogens with one attached hydrogen (secondary N) is 2. The monoisotopic (exact) mass is 367 g/mol. The summed E-state index contributed by atoms with van der Waals surface area (Å²) < 4.78 is 0. The van der Waals surface area contributed by atoms with E-state index in [2.05, 4.69) is 16.4 Å². The van der Waals surface area contributed by atoms with Gasteiger partial charge in [0, 0.05) is 34.9 Å². The fourth-order valence-electron chi connectivity index (χ4n) is 3.32. The Morgan fingerprint density at radius 3 is 2.85 bits per heavy atom. The van der Waals surface area contributed by atoms with E-state index in [0.717, 1.165) is 22.9 Å². The molecule has 0 fully saturated rings. The molecule has 1 aromatic heterocycles. The molecule has 0 saturated heterocycles. The van der Waals surface area contributed by atoms with E-state index in [1.807, 2.05) is 18.2 Å². The van der Waals surface area contributed by atoms with Crippen molar-refractivity contribution in [2.24, 2.45) is 0 Å². The van der Waals surface area contributed by atoms with E-state index < -0.39 is 0 Å². The average Bonchev–Trinajstić information content (AvgIpc) is 2.61. The normalized spacial score (nSPS) is 13.5. The predicted octanol–water partition coefficient (Wildman–Crippen LogP) is 4.08. The van der Waals surface area contributed by atoms with Crippen LogP contribution in [0.1, 0.15) is 16.7 Å². The van der Waals surface area contributed by atoms with Crippen molar-refractivity contribution >= 4 is 34.2 Å². The number of amides is 2. The number of fused-ring (bicyclic) bond motifs is 2. The summed E-state index contributed by atoms with van der Waals surface area (Å²) >= 11 is 5.97. The van der Waals surface area contributed by atoms with Gasteiger partial charge in [-0.3, -0.25) is 4.79 Å². The van der Waals surface area contributed by atoms with Crippen LogP contribution in [0.25, 0.3) is 10.9 Å². The Morgan fingerprint density at radius 1 is 1.19 bits per heavy atom. The number of hydrogen-bond donors (Lipinski definition) is 2. The average molecular weight is 368 g/mol. The van der Waals surface area contributed by atoms with Crippen molar-refractivity contribution in [3.8, 4) is 0 Å². The van der Waals surface area contributed by atoms with Gasteiger partial charge in [-0.05, 0) is 66.3 Å². The lowest BCUT2D eigenvalue weighted by Gasteiger charge is -2.29. The van der Waals surface area contributed by atoms with Crippen molar-refractivity contribution in [3.63, 3.8) is 0 Å². The molecular weight excluding hydrogens is 350 g/mol. The molecule has 26 heavy (non-hydrogen) atoms. The number of carbonyl (C=O) groups is 1. The number of hydrogen-bond acceptors (Lipinski definition) is 2. The highest BCUT2D eigenvalue weighted by atomic mass is 35.5. The van der Waals surface area contributed by atoms with Crippen molar-refractivity contribution in [2.75, 3.05) is 11.9 Å². The molecule has 0 atom stereocenters. The van der Waals surface area contributed by atoms with Crippen LogP contribution in [0.15, 0.2) is 47.3 Å². The van der Waals surface area contributed by atoms with Crippen LogP contribution in [0.5, 0.6) is 0 Å². The van der Waals surface area contributed by atoms with Crippen molar-refractivity contribution < 1.29 is 4.79 Å². The first-order valence-electron chi connectivity index (χ1n) is 8.46. The lowest BCUT2D eigenvalue weighted by molar-refractivity contribution is 0.206. The number of pyridine rings is 1. The highest BCUT2D eigenvalue weighted by Gasteiger charge is 2.21. The second-order valence-electron chi connectivity index (χ2n) is 6.60. The number of rotatable bonds is 1. The molecule has 0 radical (unpaired) electrons. The second kappa shape index (κ2) is 6.50. The second-order valence-corrected chi connectivity index (χ2v) is 7.04. The molecule has 0 aliphatic carbocycles. The van der Waals surface area contributed by atoms with Gasteiger partial charge in [-0.1, -0.05) is 17.7 Å². The van der Waals surface area contributed by atoms with E-state index >= 15 is 0 Å². The van der Waals surface area contributed by atoms with Crippen LogP contribution in [-0.2, 0) is 13.0 Å². The first-order chi connectivity index (χ1) is 12.5. The van der Waals surface area contributed by atoms with Crippen LogP contribution in [0.4, 0.5) is 10.5 Å². The van der Waals surface area contributed by atoms with Gasteiger partial charge in [0.2, 0.25) is 0 Å². The number of H-pyrrole nitrogens is 1. The molecule has 0 unspecified atom stereocenters. The van der Waals surface area contributed by atoms with E-state index in [4.69, 9.17) is 11.6 Å². The maximum Gasteiger partial charge on any atom is 0.322 e. The summed E-state index contributed by atoms with van der Waals surface area (Å²) in [5.41, 5.74) is 4.38. The maximum atomic E-state index is 12.6. The van der Waals surface area contributed by atoms with Crippen molar-refractivity contribution in [3.05, 3.63) is 74.5 Å². The van der Waals surface area contributed by atoms with Crippen molar-refractivity contribution in [1.29, 1.82) is 0 Å². The lowest BCUT2D eigenvalue weighted by atomic mass is 9.97. The summed E-state index contributed by atoms with van der Waals surface area (Å²) in [4.78, 5) is 29.1. The Hall–Kier alpha value is -2.79. The topological polar surface area (TPSA) is 65.2 Å². The van der Waals surface area contributed by atoms with Crippen LogP contribution >= 0.6 is 11.6 Å². The van der Waals surface area contributed by atoms with Crippen LogP contribution < -0.4 is 10.9 Å². The quantitative estimate of drug-likeness (QED) is 0.680. The number of nitrogens with zero attached hydrogens (tertiary/aromatic N) is 1. The van der Waals surface area contributed by atoms with Crippen LogP contribution in [0.2, 0.25) is 5.02 Å². The van der Waals surface area contributed by atoms with E-state index in [-0.39, 0.29) is 11.6 Å². The van der Waals surface area contributed by atoms with Gasteiger partial charge in [0.25, 0.3) is 5.56 Å². The minimum absolute atomic E-state index is 0.0798. The van der Waals surface area contributed by atoms with Gasteiger partial charge in [0.1, 0.15) is 0 Å². The molecule has 0 bridgehead atoms. The number of anilines is 1. The Kier molecular flexibility index (Phi) is 4.17. The summed E-state index contributed by atoms with van der Waals surface area (Å²) in [5.74, 6) is 0. The van der Waals surface area contributed by atoms with Crippen molar-refractivity contribution in [2.45, 2.75) is 19.9 Å². The highest BCUT2D eigenvalue weighted by Crippen LogP contribution is 2.25. The number of urea groups is 1. The third-order valence-corrected chi connectivity index (χ3v) is 4.96. The standard InChI is InChI=1S/C20H18ClN3O2/c1-12-7-14-8-13-5-6-24(11-15(13)9-18(14)23-19(12)25)20(26)22-17-4-2-3-16(21)10-17/h2-4,7-10H,5-6,11H2,1H3,(H,22,26)(H,23,25). The highest BCUT2D eigenvalue weighted by molar-refractivity contribution is 6.30. The molecule has 2 amide bonds. The predicted molar refractivity (Wildman–Crippen MR) is 104 cm³/mol. The van der Waals surface area contributed by atoms with E-state index in [1.165, 1.54) is 5.56 Å². The molecule has 2 heterocycles. The molecule has 1 aliphatic heterocycles. The third-order valence-electron chi connectivity index (χ3n) is 4.73. The summed E-state index contributed by atoms with van der Waals surface area (Å²) in [6, 6.07) is 12.9. The summed E-state index contributed by atoms with van der Waals surface area (Å²) in [6.07, 6.45) is 0.784. The fourth-order valence-corrected chi connectivity index (χ4v) is 3.51. The van der Waals surface area contributed by atoms with Crippen LogP contribution in [0.3, 0.4) is 0 Å². The zero-order valence-corrected chi connectivity index (χ0v) is 15.1. The molecule has 2 N–H and O–H groups in total. The number of aryl methyl sites for hydroxylation is 1. The molecule has 0 spiro atoms. The molecule has 2 aromatic carbocycles. The molecule has 0 saturated carbocycles. The SMILES string of the molecule is Cc1cc2cc3c(cc2[nH]c1=O)CN(C(=O)Nc1cccc(Cl)c1)CC3. The van der Waals surface area contributed by atoms with Gasteiger partial charge in [-0.2, -0.15) is 0 Å². The van der Waals surface area contributed by atoms with Gasteiger partial charge in [0.05, 0.1) is 0 Å². The Balaban J connectivity index is 1.58. The van der Waals surface area contributed by atoms with Crippen molar-refractivity contribution in [1.82, 2.24) is 9.88 Å². The van der Waals surface area contributed by atoms with E-state index in [9.17, 15) is 9.59 Å². The molecule has 3 aromatic rings. The van der Waals surface area contributed by atoms with Crippen LogP contribution in [-0.4, -0.2) is 22.5 Å². The van der Waals surface area contributed by atoms with Crippen LogP contribution in [0, 0.1) is 6.92 Å². The number of halogens is 1. The lowest BCUT2D eigenvalue weighted by Crippen LogP contribution is -2.38. The molecule has 6 heteroatoms. The molecule has 4 rings (SSSR count).